The summed E-state index contributed by atoms with van der Waals surface area (Å²) < 4.78 is 28.1. The number of fused-ring (bicyclic) bond motifs is 12. The number of hydrogen-bond acceptors (Lipinski definition) is 3. The standard InChI is InChI=1S/C60H37O3P/c61-64(44-13-3-1-4-14-44,45-15-5-2-6-16-45)46-17-11-12-38(32-46)40-23-28-57-53(34-40)55-36-42(25-30-59(55)62-57)43-26-31-60-56(37-43)54-35-41(24-29-58(54)63-60)39-22-27-51-49-20-8-7-18-47(49)48-19-9-10-21-50(48)52(51)33-39/h1-37H. The number of rotatable bonds is 6. The summed E-state index contributed by atoms with van der Waals surface area (Å²) in [7, 11) is -3.14. The van der Waals surface area contributed by atoms with Crippen LogP contribution in [0, 0.1) is 0 Å². The van der Waals surface area contributed by atoms with Crippen molar-refractivity contribution in [1.82, 2.24) is 0 Å². The third kappa shape index (κ3) is 5.72. The van der Waals surface area contributed by atoms with Gasteiger partial charge in [0, 0.05) is 37.5 Å². The number of furan rings is 2. The van der Waals surface area contributed by atoms with Crippen LogP contribution < -0.4 is 15.9 Å². The van der Waals surface area contributed by atoms with E-state index in [0.29, 0.717) is 0 Å². The Kier molecular flexibility index (Phi) is 8.19. The first-order valence-electron chi connectivity index (χ1n) is 21.7. The van der Waals surface area contributed by atoms with Crippen LogP contribution in [0.15, 0.2) is 233 Å². The van der Waals surface area contributed by atoms with Gasteiger partial charge < -0.3 is 13.4 Å². The van der Waals surface area contributed by atoms with Gasteiger partial charge in [-0.2, -0.15) is 0 Å². The summed E-state index contributed by atoms with van der Waals surface area (Å²) in [6.45, 7) is 0. The summed E-state index contributed by atoms with van der Waals surface area (Å²) in [5, 5.41) is 14.3. The highest BCUT2D eigenvalue weighted by atomic mass is 31.2. The lowest BCUT2D eigenvalue weighted by Gasteiger charge is -2.20. The monoisotopic (exact) mass is 836 g/mol. The van der Waals surface area contributed by atoms with E-state index < -0.39 is 7.14 Å². The molecule has 0 aliphatic rings. The molecule has 11 aromatic carbocycles. The Labute approximate surface area is 368 Å². The topological polar surface area (TPSA) is 43.4 Å². The van der Waals surface area contributed by atoms with Gasteiger partial charge >= 0.3 is 0 Å². The van der Waals surface area contributed by atoms with E-state index in [9.17, 15) is 0 Å². The molecule has 0 aliphatic carbocycles. The van der Waals surface area contributed by atoms with Gasteiger partial charge in [0.15, 0.2) is 7.14 Å². The average molecular weight is 837 g/mol. The van der Waals surface area contributed by atoms with Gasteiger partial charge in [0.25, 0.3) is 0 Å². The Morgan fingerprint density at radius 2 is 0.547 bits per heavy atom. The lowest BCUT2D eigenvalue weighted by molar-refractivity contribution is 0.592. The molecule has 64 heavy (non-hydrogen) atoms. The third-order valence-corrected chi connectivity index (χ3v) is 16.2. The molecule has 0 radical (unpaired) electrons. The second-order valence-electron chi connectivity index (χ2n) is 16.7. The lowest BCUT2D eigenvalue weighted by Crippen LogP contribution is -2.25. The van der Waals surface area contributed by atoms with Gasteiger partial charge in [-0.1, -0.05) is 164 Å². The van der Waals surface area contributed by atoms with Crippen molar-refractivity contribution in [2.45, 2.75) is 0 Å². The van der Waals surface area contributed by atoms with Gasteiger partial charge in [-0.05, 0) is 126 Å². The van der Waals surface area contributed by atoms with Crippen LogP contribution in [0.2, 0.25) is 0 Å². The largest absolute Gasteiger partial charge is 0.456 e. The zero-order valence-electron chi connectivity index (χ0n) is 34.5. The van der Waals surface area contributed by atoms with Crippen molar-refractivity contribution in [3.8, 4) is 33.4 Å². The maximum absolute atomic E-state index is 15.2. The van der Waals surface area contributed by atoms with Gasteiger partial charge in [-0.15, -0.1) is 0 Å². The maximum atomic E-state index is 15.2. The first kappa shape index (κ1) is 36.7. The van der Waals surface area contributed by atoms with E-state index in [1.807, 2.05) is 78.9 Å². The molecular formula is C60H37O3P. The molecule has 0 fully saturated rings. The minimum absolute atomic E-state index is 0.802. The maximum Gasteiger partial charge on any atom is 0.171 e. The van der Waals surface area contributed by atoms with Crippen LogP contribution in [-0.4, -0.2) is 0 Å². The molecule has 2 aromatic heterocycles. The van der Waals surface area contributed by atoms with E-state index in [2.05, 4.69) is 146 Å². The second kappa shape index (κ2) is 14.3. The molecule has 0 unspecified atom stereocenters. The fourth-order valence-corrected chi connectivity index (χ4v) is 12.7. The second-order valence-corrected chi connectivity index (χ2v) is 19.5. The number of hydrogen-bond donors (Lipinski definition) is 0. The summed E-state index contributed by atoms with van der Waals surface area (Å²) >= 11 is 0. The van der Waals surface area contributed by atoms with Crippen molar-refractivity contribution >= 4 is 99.2 Å². The molecule has 3 nitrogen and oxygen atoms in total. The summed E-state index contributed by atoms with van der Waals surface area (Å²) in [6.07, 6.45) is 0. The average Bonchev–Trinajstić information content (AvgIpc) is 3.93. The van der Waals surface area contributed by atoms with Crippen LogP contribution in [0.5, 0.6) is 0 Å². The van der Waals surface area contributed by atoms with E-state index in [1.165, 1.54) is 37.9 Å². The highest BCUT2D eigenvalue weighted by Crippen LogP contribution is 2.44. The van der Waals surface area contributed by atoms with E-state index in [-0.39, 0.29) is 0 Å². The van der Waals surface area contributed by atoms with Gasteiger partial charge in [-0.25, -0.2) is 0 Å². The zero-order valence-corrected chi connectivity index (χ0v) is 35.4. The molecule has 0 N–H and O–H groups in total. The van der Waals surface area contributed by atoms with Gasteiger partial charge in [-0.3, -0.25) is 0 Å². The normalized spacial score (nSPS) is 12.1. The van der Waals surface area contributed by atoms with E-state index >= 15 is 4.57 Å². The Balaban J connectivity index is 0.888. The zero-order chi connectivity index (χ0) is 42.4. The third-order valence-electron chi connectivity index (χ3n) is 13.1. The molecule has 13 aromatic rings. The first-order chi connectivity index (χ1) is 31.6. The quantitative estimate of drug-likeness (QED) is 0.124. The molecular weight excluding hydrogens is 800 g/mol. The Hall–Kier alpha value is -7.97. The lowest BCUT2D eigenvalue weighted by atomic mass is 9.92. The van der Waals surface area contributed by atoms with Crippen LogP contribution >= 0.6 is 7.14 Å². The summed E-state index contributed by atoms with van der Waals surface area (Å²) in [6, 6.07) is 78.0. The molecule has 13 rings (SSSR count). The van der Waals surface area contributed by atoms with Crippen molar-refractivity contribution in [3.05, 3.63) is 224 Å². The van der Waals surface area contributed by atoms with Crippen LogP contribution in [0.25, 0.3) is 110 Å². The van der Waals surface area contributed by atoms with E-state index in [1.54, 1.807) is 0 Å². The number of benzene rings is 11. The van der Waals surface area contributed by atoms with Gasteiger partial charge in [0.05, 0.1) is 0 Å². The summed E-state index contributed by atoms with van der Waals surface area (Å²) in [5.74, 6) is 0. The Morgan fingerprint density at radius 3 is 0.969 bits per heavy atom. The summed E-state index contributed by atoms with van der Waals surface area (Å²) in [4.78, 5) is 0. The molecule has 0 spiro atoms. The predicted octanol–water partition coefficient (Wildman–Crippen LogP) is 15.6. The minimum atomic E-state index is -3.14. The smallest absolute Gasteiger partial charge is 0.171 e. The predicted molar refractivity (Wildman–Crippen MR) is 269 cm³/mol. The highest BCUT2D eigenvalue weighted by molar-refractivity contribution is 7.85. The van der Waals surface area contributed by atoms with Crippen molar-refractivity contribution in [1.29, 1.82) is 0 Å². The van der Waals surface area contributed by atoms with Crippen molar-refractivity contribution in [2.24, 2.45) is 0 Å². The van der Waals surface area contributed by atoms with Gasteiger partial charge in [0.2, 0.25) is 0 Å². The summed E-state index contributed by atoms with van der Waals surface area (Å²) in [5.41, 5.74) is 9.92. The van der Waals surface area contributed by atoms with E-state index in [4.69, 9.17) is 8.83 Å². The fourth-order valence-electron chi connectivity index (χ4n) is 9.96. The fraction of sp³-hybridized carbons (Fsp3) is 0. The SMILES string of the molecule is O=P(c1ccccc1)(c1ccccc1)c1cccc(-c2ccc3oc4ccc(-c5ccc6oc7ccc(-c8ccc9c%10ccccc%10c%10ccccc%10c9c8)cc7c6c5)cc4c3c2)c1. The van der Waals surface area contributed by atoms with Gasteiger partial charge in [0.1, 0.15) is 22.3 Å². The van der Waals surface area contributed by atoms with E-state index in [0.717, 1.165) is 87.6 Å². The van der Waals surface area contributed by atoms with Crippen LogP contribution in [-0.2, 0) is 4.57 Å². The van der Waals surface area contributed by atoms with Crippen LogP contribution in [0.1, 0.15) is 0 Å². The molecule has 0 amide bonds. The Bertz CT molecular complexity index is 3970. The van der Waals surface area contributed by atoms with Crippen LogP contribution in [0.4, 0.5) is 0 Å². The molecule has 0 atom stereocenters. The molecule has 4 heteroatoms. The molecule has 0 bridgehead atoms. The highest BCUT2D eigenvalue weighted by Gasteiger charge is 2.30. The first-order valence-corrected chi connectivity index (χ1v) is 23.4. The molecule has 0 saturated carbocycles. The molecule has 2 heterocycles. The van der Waals surface area contributed by atoms with Crippen molar-refractivity contribution < 1.29 is 13.4 Å². The van der Waals surface area contributed by atoms with Crippen molar-refractivity contribution in [2.75, 3.05) is 0 Å². The van der Waals surface area contributed by atoms with Crippen molar-refractivity contribution in [3.63, 3.8) is 0 Å². The molecule has 300 valence electrons. The van der Waals surface area contributed by atoms with Crippen LogP contribution in [0.3, 0.4) is 0 Å². The molecule has 0 aliphatic heterocycles. The molecule has 0 saturated heterocycles. The minimum Gasteiger partial charge on any atom is -0.456 e. The Morgan fingerprint density at radius 1 is 0.234 bits per heavy atom.